The van der Waals surface area contributed by atoms with Gasteiger partial charge in [-0.05, 0) is 51.7 Å². The first-order chi connectivity index (χ1) is 15.6. The number of aromatic nitrogens is 2. The summed E-state index contributed by atoms with van der Waals surface area (Å²) < 4.78 is 1.99. The van der Waals surface area contributed by atoms with E-state index in [0.29, 0.717) is 6.54 Å². The molecule has 0 atom stereocenters. The number of carbonyl (C=O) groups excluding carboxylic acids is 1. The Morgan fingerprint density at radius 2 is 1.56 bits per heavy atom. The summed E-state index contributed by atoms with van der Waals surface area (Å²) in [6.07, 6.45) is 6.79. The molecule has 5 heteroatoms. The standard InChI is InChI=1S/C16H21N3OS.C7H8.2C2H6/c1-12-8-14(11-20)19(9-12)10-15-13(2)21-16(17-15)18-6-4-3-5-7-18;1-7-5-3-2-4-6-7;2*1-2/h8-9,11H,3-7,10H2,1-2H3;2-6H,1H3;2*1-2H3. The predicted molar refractivity (Wildman–Crippen MR) is 140 cm³/mol. The number of hydrogen-bond acceptors (Lipinski definition) is 4. The molecular formula is C27H41N3OS. The molecule has 4 rings (SSSR count). The quantitative estimate of drug-likeness (QED) is 0.383. The maximum Gasteiger partial charge on any atom is 0.185 e. The first kappa shape index (κ1) is 27.6. The number of carbonyl (C=O) groups is 1. The second kappa shape index (κ2) is 15.4. The van der Waals surface area contributed by atoms with Crippen molar-refractivity contribution in [3.63, 3.8) is 0 Å². The highest BCUT2D eigenvalue weighted by molar-refractivity contribution is 7.15. The van der Waals surface area contributed by atoms with Gasteiger partial charge in [-0.3, -0.25) is 4.79 Å². The molecule has 3 aromatic rings. The molecule has 1 aliphatic heterocycles. The largest absolute Gasteiger partial charge is 0.348 e. The number of benzene rings is 1. The summed E-state index contributed by atoms with van der Waals surface area (Å²) >= 11 is 1.77. The molecule has 0 radical (unpaired) electrons. The molecule has 4 nitrogen and oxygen atoms in total. The lowest BCUT2D eigenvalue weighted by Gasteiger charge is -2.25. The Bertz CT molecular complexity index is 893. The number of aryl methyl sites for hydroxylation is 3. The number of thiazole rings is 1. The van der Waals surface area contributed by atoms with E-state index in [9.17, 15) is 4.79 Å². The van der Waals surface area contributed by atoms with Crippen LogP contribution in [0, 0.1) is 20.8 Å². The molecule has 32 heavy (non-hydrogen) atoms. The summed E-state index contributed by atoms with van der Waals surface area (Å²) in [5.74, 6) is 0. The monoisotopic (exact) mass is 455 g/mol. The van der Waals surface area contributed by atoms with Crippen LogP contribution in [0.15, 0.2) is 42.6 Å². The molecule has 176 valence electrons. The SMILES string of the molecule is CC.CC.Cc1cc(C=O)n(Cc2nc(N3CCCCC3)sc2C)c1.Cc1ccccc1. The van der Waals surface area contributed by atoms with Crippen LogP contribution in [0.2, 0.25) is 0 Å². The van der Waals surface area contributed by atoms with Crippen molar-refractivity contribution in [2.45, 2.75) is 74.3 Å². The van der Waals surface area contributed by atoms with Crippen LogP contribution in [0.3, 0.4) is 0 Å². The Balaban J connectivity index is 0.000000390. The number of hydrogen-bond donors (Lipinski definition) is 0. The molecule has 0 N–H and O–H groups in total. The van der Waals surface area contributed by atoms with Gasteiger partial charge in [0.15, 0.2) is 11.4 Å². The maximum absolute atomic E-state index is 11.1. The minimum atomic E-state index is 0.679. The van der Waals surface area contributed by atoms with E-state index in [1.54, 1.807) is 11.3 Å². The van der Waals surface area contributed by atoms with E-state index in [1.807, 2.05) is 69.6 Å². The van der Waals surface area contributed by atoms with Crippen LogP contribution in [-0.2, 0) is 6.54 Å². The molecule has 1 aliphatic rings. The molecule has 0 amide bonds. The fourth-order valence-electron chi connectivity index (χ4n) is 3.39. The molecule has 0 saturated carbocycles. The predicted octanol–water partition coefficient (Wildman–Crippen LogP) is 7.46. The second-order valence-corrected chi connectivity index (χ2v) is 8.57. The van der Waals surface area contributed by atoms with E-state index < -0.39 is 0 Å². The van der Waals surface area contributed by atoms with E-state index in [2.05, 4.69) is 30.9 Å². The van der Waals surface area contributed by atoms with Gasteiger partial charge in [0.1, 0.15) is 0 Å². The van der Waals surface area contributed by atoms with Crippen molar-refractivity contribution in [1.82, 2.24) is 9.55 Å². The van der Waals surface area contributed by atoms with Crippen molar-refractivity contribution in [2.75, 3.05) is 18.0 Å². The molecule has 0 bridgehead atoms. The highest BCUT2D eigenvalue weighted by Gasteiger charge is 2.17. The molecule has 2 aromatic heterocycles. The topological polar surface area (TPSA) is 38.1 Å². The summed E-state index contributed by atoms with van der Waals surface area (Å²) in [7, 11) is 0. The van der Waals surface area contributed by atoms with Crippen molar-refractivity contribution in [1.29, 1.82) is 0 Å². The summed E-state index contributed by atoms with van der Waals surface area (Å²) in [5.41, 5.74) is 4.24. The number of aldehydes is 1. The second-order valence-electron chi connectivity index (χ2n) is 7.39. The van der Waals surface area contributed by atoms with Gasteiger partial charge in [-0.2, -0.15) is 0 Å². The zero-order chi connectivity index (χ0) is 23.9. The average molecular weight is 456 g/mol. The van der Waals surface area contributed by atoms with E-state index in [4.69, 9.17) is 4.98 Å². The van der Waals surface area contributed by atoms with Crippen molar-refractivity contribution < 1.29 is 4.79 Å². The van der Waals surface area contributed by atoms with Gasteiger partial charge in [0.2, 0.25) is 0 Å². The average Bonchev–Trinajstić information content (AvgIpc) is 3.39. The summed E-state index contributed by atoms with van der Waals surface area (Å²) in [4.78, 5) is 19.6. The first-order valence-electron chi connectivity index (χ1n) is 11.9. The van der Waals surface area contributed by atoms with Crippen LogP contribution < -0.4 is 4.90 Å². The maximum atomic E-state index is 11.1. The van der Waals surface area contributed by atoms with E-state index >= 15 is 0 Å². The molecule has 1 fully saturated rings. The molecule has 1 saturated heterocycles. The van der Waals surface area contributed by atoms with Gasteiger partial charge in [0, 0.05) is 24.2 Å². The van der Waals surface area contributed by atoms with Gasteiger partial charge >= 0.3 is 0 Å². The number of piperidine rings is 1. The van der Waals surface area contributed by atoms with Gasteiger partial charge in [-0.15, -0.1) is 11.3 Å². The van der Waals surface area contributed by atoms with Gasteiger partial charge < -0.3 is 9.47 Å². The Morgan fingerprint density at radius 3 is 2.09 bits per heavy atom. The van der Waals surface area contributed by atoms with Crippen molar-refractivity contribution in [3.8, 4) is 0 Å². The van der Waals surface area contributed by atoms with Crippen LogP contribution in [0.25, 0.3) is 0 Å². The third-order valence-electron chi connectivity index (χ3n) is 4.96. The van der Waals surface area contributed by atoms with Gasteiger partial charge in [-0.25, -0.2) is 4.98 Å². The fraction of sp³-hybridized carbons (Fsp3) is 0.481. The summed E-state index contributed by atoms with van der Waals surface area (Å²) in [6, 6.07) is 12.2. The Labute approximate surface area is 199 Å². The first-order valence-corrected chi connectivity index (χ1v) is 12.7. The van der Waals surface area contributed by atoms with Crippen LogP contribution in [-0.4, -0.2) is 28.9 Å². The highest BCUT2D eigenvalue weighted by Crippen LogP contribution is 2.28. The summed E-state index contributed by atoms with van der Waals surface area (Å²) in [5, 5.41) is 1.14. The Hall–Kier alpha value is -2.40. The van der Waals surface area contributed by atoms with Gasteiger partial charge in [0.25, 0.3) is 0 Å². The van der Waals surface area contributed by atoms with E-state index in [1.165, 1.54) is 29.7 Å². The molecule has 0 aliphatic carbocycles. The van der Waals surface area contributed by atoms with Crippen LogP contribution in [0.1, 0.15) is 79.1 Å². The highest BCUT2D eigenvalue weighted by atomic mass is 32.1. The fourth-order valence-corrected chi connectivity index (χ4v) is 4.36. The number of nitrogens with zero attached hydrogens (tertiary/aromatic N) is 3. The van der Waals surface area contributed by atoms with Crippen molar-refractivity contribution in [2.24, 2.45) is 0 Å². The minimum Gasteiger partial charge on any atom is -0.348 e. The van der Waals surface area contributed by atoms with Crippen molar-refractivity contribution >= 4 is 22.8 Å². The molecule has 3 heterocycles. The Kier molecular flexibility index (Phi) is 13.3. The normalized spacial score (nSPS) is 12.4. The number of rotatable bonds is 4. The molecule has 0 spiro atoms. The van der Waals surface area contributed by atoms with Gasteiger partial charge in [0.05, 0.1) is 17.9 Å². The van der Waals surface area contributed by atoms with Crippen LogP contribution in [0.5, 0.6) is 0 Å². The van der Waals surface area contributed by atoms with Crippen molar-refractivity contribution in [3.05, 3.63) is 70.0 Å². The third kappa shape index (κ3) is 8.62. The lowest BCUT2D eigenvalue weighted by Crippen LogP contribution is -2.29. The zero-order valence-corrected chi connectivity index (χ0v) is 21.8. The summed E-state index contributed by atoms with van der Waals surface area (Å²) in [6.45, 7) is 17.1. The molecule has 0 unspecified atom stereocenters. The van der Waals surface area contributed by atoms with E-state index in [-0.39, 0.29) is 0 Å². The molecule has 1 aromatic carbocycles. The lowest BCUT2D eigenvalue weighted by molar-refractivity contribution is 0.111. The third-order valence-corrected chi connectivity index (χ3v) is 6.03. The smallest absolute Gasteiger partial charge is 0.185 e. The van der Waals surface area contributed by atoms with E-state index in [0.717, 1.165) is 41.5 Å². The van der Waals surface area contributed by atoms with Crippen LogP contribution in [0.4, 0.5) is 5.13 Å². The zero-order valence-electron chi connectivity index (χ0n) is 21.0. The van der Waals surface area contributed by atoms with Gasteiger partial charge in [-0.1, -0.05) is 63.6 Å². The lowest BCUT2D eigenvalue weighted by atomic mass is 10.1. The Morgan fingerprint density at radius 1 is 0.938 bits per heavy atom. The van der Waals surface area contributed by atoms with Crippen LogP contribution >= 0.6 is 11.3 Å². The minimum absolute atomic E-state index is 0.679. The number of anilines is 1. The molecular weight excluding hydrogens is 414 g/mol.